The zero-order valence-corrected chi connectivity index (χ0v) is 13.9. The van der Waals surface area contributed by atoms with Gasteiger partial charge in [-0.1, -0.05) is 29.3 Å². The Morgan fingerprint density at radius 3 is 2.64 bits per heavy atom. The van der Waals surface area contributed by atoms with Gasteiger partial charge in [-0.25, -0.2) is 0 Å². The summed E-state index contributed by atoms with van der Waals surface area (Å²) in [7, 11) is 0. The van der Waals surface area contributed by atoms with Crippen molar-refractivity contribution in [2.75, 3.05) is 26.3 Å². The number of carbonyl (C=O) groups excluding carboxylic acids is 1. The van der Waals surface area contributed by atoms with Crippen molar-refractivity contribution in [3.63, 3.8) is 0 Å². The highest BCUT2D eigenvalue weighted by Gasteiger charge is 2.34. The molecule has 3 rings (SSSR count). The summed E-state index contributed by atoms with van der Waals surface area (Å²) in [6, 6.07) is 5.66. The number of hydrogen-bond donors (Lipinski definition) is 1. The molecule has 1 aromatic rings. The number of hydrogen-bond acceptors (Lipinski definition) is 3. The highest BCUT2D eigenvalue weighted by atomic mass is 35.5. The fourth-order valence-electron chi connectivity index (χ4n) is 3.28. The summed E-state index contributed by atoms with van der Waals surface area (Å²) >= 11 is 12.3. The van der Waals surface area contributed by atoms with E-state index in [2.05, 4.69) is 5.32 Å². The molecular weight excluding hydrogens is 323 g/mol. The normalized spacial score (nSPS) is 22.7. The zero-order valence-electron chi connectivity index (χ0n) is 12.4. The molecule has 1 atom stereocenters. The van der Waals surface area contributed by atoms with Gasteiger partial charge < -0.3 is 15.0 Å². The van der Waals surface area contributed by atoms with E-state index in [1.54, 1.807) is 18.2 Å². The van der Waals surface area contributed by atoms with Crippen molar-refractivity contribution < 1.29 is 9.53 Å². The second kappa shape index (κ2) is 7.18. The van der Waals surface area contributed by atoms with Crippen molar-refractivity contribution in [2.45, 2.75) is 31.3 Å². The molecule has 2 aliphatic rings. The molecule has 0 aromatic heterocycles. The molecule has 0 spiro atoms. The molecule has 0 saturated carbocycles. The third-order valence-corrected chi connectivity index (χ3v) is 5.25. The van der Waals surface area contributed by atoms with Crippen molar-refractivity contribution in [1.29, 1.82) is 0 Å². The van der Waals surface area contributed by atoms with Gasteiger partial charge in [0.15, 0.2) is 0 Å². The van der Waals surface area contributed by atoms with Crippen molar-refractivity contribution >= 4 is 29.1 Å². The van der Waals surface area contributed by atoms with Crippen LogP contribution in [0.2, 0.25) is 10.0 Å². The van der Waals surface area contributed by atoms with Crippen LogP contribution < -0.4 is 5.32 Å². The number of benzene rings is 1. The maximum Gasteiger partial charge on any atom is 0.255 e. The second-order valence-electron chi connectivity index (χ2n) is 5.80. The van der Waals surface area contributed by atoms with Crippen molar-refractivity contribution in [3.05, 3.63) is 33.8 Å². The van der Waals surface area contributed by atoms with Crippen LogP contribution in [-0.2, 0) is 4.74 Å². The van der Waals surface area contributed by atoms with E-state index in [0.717, 1.165) is 32.4 Å². The van der Waals surface area contributed by atoms with E-state index in [-0.39, 0.29) is 18.0 Å². The van der Waals surface area contributed by atoms with Crippen LogP contribution in [0, 0.1) is 0 Å². The summed E-state index contributed by atoms with van der Waals surface area (Å²) in [5, 5.41) is 4.11. The lowest BCUT2D eigenvalue weighted by molar-refractivity contribution is 0.0186. The Labute approximate surface area is 140 Å². The first-order valence-electron chi connectivity index (χ1n) is 7.73. The van der Waals surface area contributed by atoms with E-state index < -0.39 is 0 Å². The summed E-state index contributed by atoms with van der Waals surface area (Å²) in [6.45, 7) is 3.19. The average Bonchev–Trinajstić information content (AvgIpc) is 3.05. The fourth-order valence-corrected chi connectivity index (χ4v) is 3.66. The highest BCUT2D eigenvalue weighted by molar-refractivity contribution is 6.43. The van der Waals surface area contributed by atoms with Crippen LogP contribution in [0.1, 0.15) is 29.6 Å². The van der Waals surface area contributed by atoms with Gasteiger partial charge in [0.1, 0.15) is 0 Å². The number of amides is 1. The van der Waals surface area contributed by atoms with Crippen molar-refractivity contribution in [1.82, 2.24) is 10.2 Å². The predicted molar refractivity (Wildman–Crippen MR) is 87.7 cm³/mol. The van der Waals surface area contributed by atoms with Crippen LogP contribution in [-0.4, -0.2) is 49.2 Å². The summed E-state index contributed by atoms with van der Waals surface area (Å²) in [4.78, 5) is 15.1. The number of carbonyl (C=O) groups is 1. The Kier molecular flexibility index (Phi) is 5.24. The lowest BCUT2D eigenvalue weighted by atomic mass is 10.0. The van der Waals surface area contributed by atoms with E-state index in [1.807, 2.05) is 4.90 Å². The molecule has 0 unspecified atom stereocenters. The molecule has 1 amide bonds. The van der Waals surface area contributed by atoms with E-state index >= 15 is 0 Å². The van der Waals surface area contributed by atoms with E-state index in [4.69, 9.17) is 27.9 Å². The van der Waals surface area contributed by atoms with Crippen LogP contribution in [0.25, 0.3) is 0 Å². The first-order valence-corrected chi connectivity index (χ1v) is 8.49. The van der Waals surface area contributed by atoms with Crippen LogP contribution in [0.4, 0.5) is 0 Å². The second-order valence-corrected chi connectivity index (χ2v) is 6.59. The Bertz CT molecular complexity index is 541. The smallest absolute Gasteiger partial charge is 0.255 e. The largest absolute Gasteiger partial charge is 0.381 e. The van der Waals surface area contributed by atoms with Gasteiger partial charge >= 0.3 is 0 Å². The molecule has 0 aliphatic carbocycles. The lowest BCUT2D eigenvalue weighted by Gasteiger charge is -2.38. The molecule has 22 heavy (non-hydrogen) atoms. The summed E-state index contributed by atoms with van der Waals surface area (Å²) in [6.07, 6.45) is 2.72. The molecule has 4 nitrogen and oxygen atoms in total. The molecule has 1 aromatic carbocycles. The SMILES string of the molecule is O=C(c1cccc(Cl)c1Cl)N(C1CCOCC1)[C@H]1CCNC1. The van der Waals surface area contributed by atoms with Crippen LogP contribution >= 0.6 is 23.2 Å². The minimum atomic E-state index is -0.0203. The molecule has 0 bridgehead atoms. The van der Waals surface area contributed by atoms with Gasteiger partial charge in [0.2, 0.25) is 0 Å². The first-order chi connectivity index (χ1) is 10.7. The monoisotopic (exact) mass is 342 g/mol. The van der Waals surface area contributed by atoms with Gasteiger partial charge in [0.05, 0.1) is 15.6 Å². The van der Waals surface area contributed by atoms with Crippen LogP contribution in [0.3, 0.4) is 0 Å². The average molecular weight is 343 g/mol. The summed E-state index contributed by atoms with van der Waals surface area (Å²) in [5.74, 6) is -0.0203. The van der Waals surface area contributed by atoms with E-state index in [1.165, 1.54) is 0 Å². The Balaban J connectivity index is 1.90. The first kappa shape index (κ1) is 16.1. The minimum Gasteiger partial charge on any atom is -0.381 e. The third kappa shape index (κ3) is 3.25. The number of rotatable bonds is 3. The molecule has 2 saturated heterocycles. The lowest BCUT2D eigenvalue weighted by Crippen LogP contribution is -2.50. The summed E-state index contributed by atoms with van der Waals surface area (Å²) in [5.41, 5.74) is 0.493. The summed E-state index contributed by atoms with van der Waals surface area (Å²) < 4.78 is 5.44. The number of nitrogens with zero attached hydrogens (tertiary/aromatic N) is 1. The van der Waals surface area contributed by atoms with E-state index in [9.17, 15) is 4.79 Å². The maximum absolute atomic E-state index is 13.1. The standard InChI is InChI=1S/C16H20Cl2N2O2/c17-14-3-1-2-13(15(14)18)16(21)20(12-4-7-19-10-12)11-5-8-22-9-6-11/h1-3,11-12,19H,4-10H2/t12-/m0/s1. The number of nitrogens with one attached hydrogen (secondary N) is 1. The Hall–Kier alpha value is -0.810. The van der Waals surface area contributed by atoms with Gasteiger partial charge in [-0.15, -0.1) is 0 Å². The number of halogens is 2. The molecule has 2 aliphatic heterocycles. The molecular formula is C16H20Cl2N2O2. The van der Waals surface area contributed by atoms with Crippen molar-refractivity contribution in [2.24, 2.45) is 0 Å². The van der Waals surface area contributed by atoms with Crippen LogP contribution in [0.5, 0.6) is 0 Å². The third-order valence-electron chi connectivity index (χ3n) is 4.43. The molecule has 0 radical (unpaired) electrons. The van der Waals surface area contributed by atoms with Gasteiger partial charge in [0, 0.05) is 31.8 Å². The Morgan fingerprint density at radius 1 is 1.18 bits per heavy atom. The quantitative estimate of drug-likeness (QED) is 0.917. The van der Waals surface area contributed by atoms with Gasteiger partial charge in [-0.05, 0) is 37.9 Å². The number of ether oxygens (including phenoxy) is 1. The highest BCUT2D eigenvalue weighted by Crippen LogP contribution is 2.29. The zero-order chi connectivity index (χ0) is 15.5. The maximum atomic E-state index is 13.1. The van der Waals surface area contributed by atoms with Crippen molar-refractivity contribution in [3.8, 4) is 0 Å². The molecule has 6 heteroatoms. The topological polar surface area (TPSA) is 41.6 Å². The van der Waals surface area contributed by atoms with Crippen LogP contribution in [0.15, 0.2) is 18.2 Å². The van der Waals surface area contributed by atoms with Gasteiger partial charge in [-0.3, -0.25) is 4.79 Å². The minimum absolute atomic E-state index is 0.0203. The predicted octanol–water partition coefficient (Wildman–Crippen LogP) is 2.98. The Morgan fingerprint density at radius 2 is 1.95 bits per heavy atom. The van der Waals surface area contributed by atoms with Gasteiger partial charge in [0.25, 0.3) is 5.91 Å². The fraction of sp³-hybridized carbons (Fsp3) is 0.562. The van der Waals surface area contributed by atoms with Gasteiger partial charge in [-0.2, -0.15) is 0 Å². The molecule has 2 heterocycles. The molecule has 120 valence electrons. The molecule has 2 fully saturated rings. The molecule has 1 N–H and O–H groups in total. The van der Waals surface area contributed by atoms with E-state index in [0.29, 0.717) is 28.8 Å².